The normalized spacial score (nSPS) is 15.8. The average Bonchev–Trinajstić information content (AvgIpc) is 3.35. The van der Waals surface area contributed by atoms with E-state index in [1.165, 1.54) is 16.7 Å². The lowest BCUT2D eigenvalue weighted by Gasteiger charge is -2.24. The van der Waals surface area contributed by atoms with Gasteiger partial charge < -0.3 is 20.5 Å². The molecule has 3 N–H and O–H groups in total. The Bertz CT molecular complexity index is 1030. The molecule has 0 aliphatic carbocycles. The molecule has 1 saturated heterocycles. The minimum absolute atomic E-state index is 0.0581. The van der Waals surface area contributed by atoms with E-state index in [0.717, 1.165) is 5.56 Å². The Balaban J connectivity index is 1.53. The Morgan fingerprint density at radius 1 is 1.09 bits per heavy atom. The summed E-state index contributed by atoms with van der Waals surface area (Å²) in [5.74, 6) is -1.14. The second-order valence-electron chi connectivity index (χ2n) is 8.02. The van der Waals surface area contributed by atoms with Crippen LogP contribution in [0.25, 0.3) is 0 Å². The summed E-state index contributed by atoms with van der Waals surface area (Å²) < 4.78 is 4.98. The Morgan fingerprint density at radius 2 is 1.80 bits per heavy atom. The van der Waals surface area contributed by atoms with Gasteiger partial charge in [0.2, 0.25) is 11.8 Å². The first-order valence-electron chi connectivity index (χ1n) is 11.3. The number of nitrogens with zero attached hydrogens (tertiary/aromatic N) is 1. The number of hydrogen-bond acceptors (Lipinski definition) is 6. The zero-order valence-electron chi connectivity index (χ0n) is 19.4. The van der Waals surface area contributed by atoms with Gasteiger partial charge in [-0.25, -0.2) is 9.59 Å². The third kappa shape index (κ3) is 7.74. The quantitative estimate of drug-likeness (QED) is 0.459. The number of rotatable bonds is 10. The SMILES string of the molecule is CCOC(=O)N1CSC[C@@H]1C(=O)N[C@@H](Cc1ccc(NC(=O)CCc2ccccc2)cc1)C(=O)O. The summed E-state index contributed by atoms with van der Waals surface area (Å²) in [5.41, 5.74) is 2.38. The van der Waals surface area contributed by atoms with Crippen molar-refractivity contribution < 1.29 is 29.0 Å². The highest BCUT2D eigenvalue weighted by Crippen LogP contribution is 2.22. The first kappa shape index (κ1) is 26.1. The zero-order valence-corrected chi connectivity index (χ0v) is 20.3. The smallest absolute Gasteiger partial charge is 0.411 e. The molecule has 0 spiro atoms. The minimum atomic E-state index is -1.18. The van der Waals surface area contributed by atoms with Gasteiger partial charge in [-0.2, -0.15) is 0 Å². The average molecular weight is 500 g/mol. The number of thioether (sulfide) groups is 1. The van der Waals surface area contributed by atoms with Gasteiger partial charge in [-0.3, -0.25) is 14.5 Å². The third-order valence-electron chi connectivity index (χ3n) is 5.46. The van der Waals surface area contributed by atoms with Gasteiger partial charge in [0.15, 0.2) is 0 Å². The van der Waals surface area contributed by atoms with Crippen LogP contribution in [0.1, 0.15) is 24.5 Å². The molecule has 10 heteroatoms. The molecule has 2 atom stereocenters. The Labute approximate surface area is 208 Å². The lowest BCUT2D eigenvalue weighted by molar-refractivity contribution is -0.142. The maximum absolute atomic E-state index is 12.7. The van der Waals surface area contributed by atoms with Crippen LogP contribution in [-0.2, 0) is 32.0 Å². The van der Waals surface area contributed by atoms with E-state index in [-0.39, 0.29) is 18.9 Å². The lowest BCUT2D eigenvalue weighted by Crippen LogP contribution is -2.52. The Morgan fingerprint density at radius 3 is 2.46 bits per heavy atom. The molecule has 3 amide bonds. The van der Waals surface area contributed by atoms with Crippen LogP contribution in [0.15, 0.2) is 54.6 Å². The zero-order chi connectivity index (χ0) is 25.2. The maximum atomic E-state index is 12.7. The van der Waals surface area contributed by atoms with E-state index in [1.807, 2.05) is 30.3 Å². The first-order valence-corrected chi connectivity index (χ1v) is 12.5. The lowest BCUT2D eigenvalue weighted by atomic mass is 10.0. The third-order valence-corrected chi connectivity index (χ3v) is 6.48. The number of nitrogens with one attached hydrogen (secondary N) is 2. The van der Waals surface area contributed by atoms with Crippen molar-refractivity contribution in [2.45, 2.75) is 38.3 Å². The molecule has 2 aromatic rings. The van der Waals surface area contributed by atoms with Crippen LogP contribution in [0.4, 0.5) is 10.5 Å². The number of anilines is 1. The van der Waals surface area contributed by atoms with Crippen molar-refractivity contribution in [3.8, 4) is 0 Å². The van der Waals surface area contributed by atoms with Crippen LogP contribution in [0.3, 0.4) is 0 Å². The largest absolute Gasteiger partial charge is 0.480 e. The highest BCUT2D eigenvalue weighted by atomic mass is 32.2. The predicted molar refractivity (Wildman–Crippen MR) is 133 cm³/mol. The Kier molecular flexibility index (Phi) is 9.54. The summed E-state index contributed by atoms with van der Waals surface area (Å²) in [4.78, 5) is 50.1. The van der Waals surface area contributed by atoms with Gasteiger partial charge in [0, 0.05) is 24.3 Å². The standard InChI is InChI=1S/C25H29N3O6S/c1-2-34-25(33)28-16-35-15-21(28)23(30)27-20(24(31)32)14-18-8-11-19(12-9-18)26-22(29)13-10-17-6-4-3-5-7-17/h3-9,11-12,20-21H,2,10,13-16H2,1H3,(H,26,29)(H,27,30)(H,31,32)/t20-,21+/m0/s1. The monoisotopic (exact) mass is 499 g/mol. The van der Waals surface area contributed by atoms with Crippen LogP contribution in [0.2, 0.25) is 0 Å². The van der Waals surface area contributed by atoms with Gasteiger partial charge >= 0.3 is 12.1 Å². The molecule has 0 saturated carbocycles. The number of aliphatic carboxylic acids is 1. The highest BCUT2D eigenvalue weighted by molar-refractivity contribution is 7.99. The van der Waals surface area contributed by atoms with Crippen molar-refractivity contribution in [1.29, 1.82) is 0 Å². The maximum Gasteiger partial charge on any atom is 0.411 e. The number of carbonyl (C=O) groups excluding carboxylic acids is 3. The number of carboxylic acids is 1. The molecule has 3 rings (SSSR count). The Hall–Kier alpha value is -3.53. The van der Waals surface area contributed by atoms with E-state index in [4.69, 9.17) is 4.74 Å². The topological polar surface area (TPSA) is 125 Å². The van der Waals surface area contributed by atoms with E-state index < -0.39 is 30.1 Å². The van der Waals surface area contributed by atoms with Gasteiger partial charge in [0.1, 0.15) is 12.1 Å². The molecule has 0 unspecified atom stereocenters. The van der Waals surface area contributed by atoms with Gasteiger partial charge in [0.05, 0.1) is 12.5 Å². The molecule has 35 heavy (non-hydrogen) atoms. The second-order valence-corrected chi connectivity index (χ2v) is 9.02. The number of ether oxygens (including phenoxy) is 1. The summed E-state index contributed by atoms with van der Waals surface area (Å²) in [7, 11) is 0. The molecular formula is C25H29N3O6S. The minimum Gasteiger partial charge on any atom is -0.480 e. The van der Waals surface area contributed by atoms with E-state index in [2.05, 4.69) is 10.6 Å². The van der Waals surface area contributed by atoms with Gasteiger partial charge in [-0.1, -0.05) is 42.5 Å². The number of aryl methyl sites for hydroxylation is 1. The van der Waals surface area contributed by atoms with Crippen LogP contribution in [0.5, 0.6) is 0 Å². The predicted octanol–water partition coefficient (Wildman–Crippen LogP) is 2.90. The number of carboxylic acid groups (broad SMARTS) is 1. The molecule has 1 aliphatic heterocycles. The molecule has 1 aliphatic rings. The highest BCUT2D eigenvalue weighted by Gasteiger charge is 2.37. The number of amides is 3. The van der Waals surface area contributed by atoms with E-state index >= 15 is 0 Å². The summed E-state index contributed by atoms with van der Waals surface area (Å²) in [6.07, 6.45) is 0.451. The van der Waals surface area contributed by atoms with Crippen molar-refractivity contribution >= 4 is 41.3 Å². The van der Waals surface area contributed by atoms with E-state index in [9.17, 15) is 24.3 Å². The molecule has 1 heterocycles. The van der Waals surface area contributed by atoms with Gasteiger partial charge in [-0.05, 0) is 36.6 Å². The molecule has 1 fully saturated rings. The fourth-order valence-electron chi connectivity index (χ4n) is 3.60. The van der Waals surface area contributed by atoms with Crippen LogP contribution >= 0.6 is 11.8 Å². The van der Waals surface area contributed by atoms with Crippen molar-refractivity contribution in [3.63, 3.8) is 0 Å². The summed E-state index contributed by atoms with van der Waals surface area (Å²) in [5, 5.41) is 15.0. The van der Waals surface area contributed by atoms with E-state index in [0.29, 0.717) is 35.7 Å². The molecule has 9 nitrogen and oxygen atoms in total. The summed E-state index contributed by atoms with van der Waals surface area (Å²) in [6.45, 7) is 1.87. The van der Waals surface area contributed by atoms with Crippen molar-refractivity contribution in [3.05, 3.63) is 65.7 Å². The molecule has 2 aromatic carbocycles. The van der Waals surface area contributed by atoms with Crippen LogP contribution in [0, 0.1) is 0 Å². The number of carbonyl (C=O) groups is 4. The fraction of sp³-hybridized carbons (Fsp3) is 0.360. The second kappa shape index (κ2) is 12.8. The number of benzene rings is 2. The number of hydrogen-bond donors (Lipinski definition) is 3. The fourth-order valence-corrected chi connectivity index (χ4v) is 4.74. The molecule has 186 valence electrons. The first-order chi connectivity index (χ1) is 16.9. The summed E-state index contributed by atoms with van der Waals surface area (Å²) in [6, 6.07) is 14.6. The summed E-state index contributed by atoms with van der Waals surface area (Å²) >= 11 is 1.40. The van der Waals surface area contributed by atoms with Crippen molar-refractivity contribution in [2.75, 3.05) is 23.6 Å². The molecule has 0 radical (unpaired) electrons. The van der Waals surface area contributed by atoms with Crippen LogP contribution in [-0.4, -0.2) is 64.2 Å². The molecule has 0 aromatic heterocycles. The van der Waals surface area contributed by atoms with Crippen molar-refractivity contribution in [2.24, 2.45) is 0 Å². The molecular weight excluding hydrogens is 470 g/mol. The van der Waals surface area contributed by atoms with E-state index in [1.54, 1.807) is 31.2 Å². The molecule has 0 bridgehead atoms. The van der Waals surface area contributed by atoms with Gasteiger partial charge in [-0.15, -0.1) is 11.8 Å². The van der Waals surface area contributed by atoms with Crippen LogP contribution < -0.4 is 10.6 Å². The van der Waals surface area contributed by atoms with Gasteiger partial charge in [0.25, 0.3) is 0 Å². The van der Waals surface area contributed by atoms with Crippen molar-refractivity contribution in [1.82, 2.24) is 10.2 Å².